The standard InChI is InChI=1S/C24H21N3O5S/c1-2-32-22(29)15-27-23(30)20(33-24(27)31)12-16-13-26(19-11-7-6-10-18(16)19)14-21(28)25-17-8-4-3-5-9-17/h3-13H,2,14-15H2,1H3,(H,25,28)/b20-12+. The molecule has 0 spiro atoms. The average molecular weight is 464 g/mol. The van der Waals surface area contributed by atoms with Crippen LogP contribution in [0.15, 0.2) is 65.7 Å². The monoisotopic (exact) mass is 463 g/mol. The van der Waals surface area contributed by atoms with Gasteiger partial charge in [-0.2, -0.15) is 0 Å². The summed E-state index contributed by atoms with van der Waals surface area (Å²) in [5.74, 6) is -1.37. The number of para-hydroxylation sites is 2. The van der Waals surface area contributed by atoms with Gasteiger partial charge in [-0.1, -0.05) is 36.4 Å². The predicted octanol–water partition coefficient (Wildman–Crippen LogP) is 3.88. The van der Waals surface area contributed by atoms with Gasteiger partial charge in [0.15, 0.2) is 0 Å². The van der Waals surface area contributed by atoms with E-state index in [9.17, 15) is 19.2 Å². The summed E-state index contributed by atoms with van der Waals surface area (Å²) in [6.45, 7) is 1.48. The molecule has 1 aromatic heterocycles. The Hall–Kier alpha value is -3.85. The summed E-state index contributed by atoms with van der Waals surface area (Å²) in [6.07, 6.45) is 3.39. The molecule has 0 bridgehead atoms. The Morgan fingerprint density at radius 1 is 1.03 bits per heavy atom. The van der Waals surface area contributed by atoms with Gasteiger partial charge in [-0.3, -0.25) is 24.1 Å². The van der Waals surface area contributed by atoms with E-state index in [1.165, 1.54) is 0 Å². The van der Waals surface area contributed by atoms with Crippen LogP contribution in [0.4, 0.5) is 10.5 Å². The van der Waals surface area contributed by atoms with Gasteiger partial charge < -0.3 is 14.6 Å². The molecule has 3 amide bonds. The highest BCUT2D eigenvalue weighted by Crippen LogP contribution is 2.34. The Balaban J connectivity index is 1.58. The van der Waals surface area contributed by atoms with E-state index in [2.05, 4.69) is 5.32 Å². The van der Waals surface area contributed by atoms with Crippen molar-refractivity contribution in [3.8, 4) is 0 Å². The second kappa shape index (κ2) is 9.74. The molecule has 1 saturated heterocycles. The van der Waals surface area contributed by atoms with Crippen molar-refractivity contribution in [1.29, 1.82) is 0 Å². The van der Waals surface area contributed by atoms with Crippen LogP contribution in [0.3, 0.4) is 0 Å². The number of rotatable bonds is 7. The first-order valence-electron chi connectivity index (χ1n) is 10.3. The quantitative estimate of drug-likeness (QED) is 0.422. The lowest BCUT2D eigenvalue weighted by atomic mass is 10.1. The van der Waals surface area contributed by atoms with E-state index in [0.29, 0.717) is 11.3 Å². The number of benzene rings is 2. The van der Waals surface area contributed by atoms with Gasteiger partial charge in [0.1, 0.15) is 13.1 Å². The average Bonchev–Trinajstić information content (AvgIpc) is 3.27. The van der Waals surface area contributed by atoms with Crippen molar-refractivity contribution in [2.45, 2.75) is 13.5 Å². The maximum Gasteiger partial charge on any atom is 0.326 e. The number of nitrogens with zero attached hydrogens (tertiary/aromatic N) is 2. The van der Waals surface area contributed by atoms with Crippen LogP contribution in [0, 0.1) is 0 Å². The molecule has 1 fully saturated rings. The number of hydrogen-bond donors (Lipinski definition) is 1. The minimum Gasteiger partial charge on any atom is -0.465 e. The normalized spacial score (nSPS) is 14.8. The van der Waals surface area contributed by atoms with E-state index in [4.69, 9.17) is 4.74 Å². The molecular formula is C24H21N3O5S. The number of thioether (sulfide) groups is 1. The van der Waals surface area contributed by atoms with E-state index in [1.54, 1.807) is 23.8 Å². The van der Waals surface area contributed by atoms with Crippen molar-refractivity contribution >= 4 is 57.5 Å². The summed E-state index contributed by atoms with van der Waals surface area (Å²) in [4.78, 5) is 50.4. The van der Waals surface area contributed by atoms with Crippen molar-refractivity contribution in [3.05, 3.63) is 71.3 Å². The Morgan fingerprint density at radius 3 is 2.52 bits per heavy atom. The number of esters is 1. The smallest absolute Gasteiger partial charge is 0.326 e. The molecule has 0 unspecified atom stereocenters. The second-order valence-corrected chi connectivity index (χ2v) is 8.21. The maximum atomic E-state index is 12.7. The number of anilines is 1. The molecule has 0 saturated carbocycles. The van der Waals surface area contributed by atoms with Crippen LogP contribution in [0.25, 0.3) is 17.0 Å². The largest absolute Gasteiger partial charge is 0.465 e. The summed E-state index contributed by atoms with van der Waals surface area (Å²) < 4.78 is 6.63. The number of hydrogen-bond acceptors (Lipinski definition) is 6. The summed E-state index contributed by atoms with van der Waals surface area (Å²) in [5, 5.41) is 3.17. The fraction of sp³-hybridized carbons (Fsp3) is 0.167. The van der Waals surface area contributed by atoms with Gasteiger partial charge in [0, 0.05) is 28.4 Å². The number of imide groups is 1. The Morgan fingerprint density at radius 2 is 1.76 bits per heavy atom. The zero-order valence-corrected chi connectivity index (χ0v) is 18.6. The Bertz CT molecular complexity index is 1270. The molecule has 1 aliphatic rings. The number of carbonyl (C=O) groups excluding carboxylic acids is 4. The van der Waals surface area contributed by atoms with Crippen molar-refractivity contribution in [1.82, 2.24) is 9.47 Å². The van der Waals surface area contributed by atoms with E-state index >= 15 is 0 Å². The fourth-order valence-electron chi connectivity index (χ4n) is 3.51. The topological polar surface area (TPSA) is 97.7 Å². The summed E-state index contributed by atoms with van der Waals surface area (Å²) in [6, 6.07) is 16.7. The summed E-state index contributed by atoms with van der Waals surface area (Å²) >= 11 is 0.772. The van der Waals surface area contributed by atoms with Crippen molar-refractivity contribution < 1.29 is 23.9 Å². The van der Waals surface area contributed by atoms with Gasteiger partial charge in [0.05, 0.1) is 11.5 Å². The molecule has 33 heavy (non-hydrogen) atoms. The van der Waals surface area contributed by atoms with Crippen LogP contribution in [0.2, 0.25) is 0 Å². The third-order valence-corrected chi connectivity index (χ3v) is 5.85. The summed E-state index contributed by atoms with van der Waals surface area (Å²) in [7, 11) is 0. The molecule has 0 radical (unpaired) electrons. The number of carbonyl (C=O) groups is 4. The zero-order chi connectivity index (χ0) is 23.4. The number of fused-ring (bicyclic) bond motifs is 1. The number of ether oxygens (including phenoxy) is 1. The van der Waals surface area contributed by atoms with Crippen LogP contribution in [-0.4, -0.2) is 45.6 Å². The molecule has 8 nitrogen and oxygen atoms in total. The van der Waals surface area contributed by atoms with Crippen LogP contribution in [0.5, 0.6) is 0 Å². The molecule has 2 aromatic carbocycles. The third kappa shape index (κ3) is 4.98. The van der Waals surface area contributed by atoms with Gasteiger partial charge in [-0.15, -0.1) is 0 Å². The van der Waals surface area contributed by atoms with Gasteiger partial charge in [-0.25, -0.2) is 0 Å². The summed E-state index contributed by atoms with van der Waals surface area (Å²) in [5.41, 5.74) is 2.21. The van der Waals surface area contributed by atoms with E-state index in [0.717, 1.165) is 27.6 Å². The van der Waals surface area contributed by atoms with Crippen molar-refractivity contribution in [2.75, 3.05) is 18.5 Å². The first-order chi connectivity index (χ1) is 16.0. The number of amides is 3. The highest BCUT2D eigenvalue weighted by Gasteiger charge is 2.36. The minimum absolute atomic E-state index is 0.0770. The van der Waals surface area contributed by atoms with Gasteiger partial charge in [0.25, 0.3) is 11.1 Å². The molecule has 2 heterocycles. The molecule has 0 aliphatic carbocycles. The zero-order valence-electron chi connectivity index (χ0n) is 17.8. The first-order valence-corrected chi connectivity index (χ1v) is 11.1. The number of aromatic nitrogens is 1. The predicted molar refractivity (Wildman–Crippen MR) is 126 cm³/mol. The lowest BCUT2D eigenvalue weighted by Crippen LogP contribution is -2.34. The molecule has 1 aliphatic heterocycles. The molecule has 9 heteroatoms. The molecule has 1 N–H and O–H groups in total. The fourth-order valence-corrected chi connectivity index (χ4v) is 4.34. The van der Waals surface area contributed by atoms with E-state index in [1.807, 2.05) is 54.6 Å². The molecule has 0 atom stereocenters. The van der Waals surface area contributed by atoms with Gasteiger partial charge in [-0.05, 0) is 43.0 Å². The van der Waals surface area contributed by atoms with E-state index in [-0.39, 0.29) is 24.0 Å². The molecule has 3 aromatic rings. The minimum atomic E-state index is -0.637. The first kappa shape index (κ1) is 22.3. The van der Waals surface area contributed by atoms with Crippen LogP contribution in [-0.2, 0) is 25.7 Å². The van der Waals surface area contributed by atoms with Crippen LogP contribution in [0.1, 0.15) is 12.5 Å². The Labute approximate surface area is 194 Å². The highest BCUT2D eigenvalue weighted by atomic mass is 32.2. The molecule has 4 rings (SSSR count). The lowest BCUT2D eigenvalue weighted by molar-refractivity contribution is -0.146. The number of nitrogens with one attached hydrogen (secondary N) is 1. The molecule has 168 valence electrons. The Kier molecular flexibility index (Phi) is 6.60. The second-order valence-electron chi connectivity index (χ2n) is 7.22. The van der Waals surface area contributed by atoms with Crippen molar-refractivity contribution in [3.63, 3.8) is 0 Å². The molecular weight excluding hydrogens is 442 g/mol. The third-order valence-electron chi connectivity index (χ3n) is 4.94. The van der Waals surface area contributed by atoms with Crippen LogP contribution >= 0.6 is 11.8 Å². The van der Waals surface area contributed by atoms with Crippen molar-refractivity contribution in [2.24, 2.45) is 0 Å². The SMILES string of the molecule is CCOC(=O)CN1C(=O)S/C(=C/c2cn(CC(=O)Nc3ccccc3)c3ccccc23)C1=O. The van der Waals surface area contributed by atoms with Gasteiger partial charge >= 0.3 is 5.97 Å². The lowest BCUT2D eigenvalue weighted by Gasteiger charge is -2.10. The maximum absolute atomic E-state index is 12.7. The van der Waals surface area contributed by atoms with E-state index < -0.39 is 23.7 Å². The highest BCUT2D eigenvalue weighted by molar-refractivity contribution is 8.18. The van der Waals surface area contributed by atoms with Crippen LogP contribution < -0.4 is 5.32 Å². The van der Waals surface area contributed by atoms with Gasteiger partial charge in [0.2, 0.25) is 5.91 Å².